The molecular formula is C21H22Cl2N4O2. The van der Waals surface area contributed by atoms with E-state index in [1.807, 2.05) is 18.2 Å². The zero-order valence-electron chi connectivity index (χ0n) is 16.3. The Balaban J connectivity index is 1.67. The Morgan fingerprint density at radius 2 is 1.90 bits per heavy atom. The lowest BCUT2D eigenvalue weighted by atomic mass is 10.1. The minimum absolute atomic E-state index is 0.164. The molecule has 6 nitrogen and oxygen atoms in total. The average molecular weight is 433 g/mol. The number of carbonyl (C=O) groups is 1. The summed E-state index contributed by atoms with van der Waals surface area (Å²) in [5.74, 6) is -0.272. The zero-order chi connectivity index (χ0) is 20.5. The largest absolute Gasteiger partial charge is 0.379 e. The summed E-state index contributed by atoms with van der Waals surface area (Å²) in [5, 5.41) is 4.52. The summed E-state index contributed by atoms with van der Waals surface area (Å²) in [6.07, 6.45) is 5.20. The van der Waals surface area contributed by atoms with Crippen LogP contribution in [0.15, 0.2) is 36.8 Å². The van der Waals surface area contributed by atoms with E-state index in [0.717, 1.165) is 37.2 Å². The number of ether oxygens (including phenoxy) is 1. The molecule has 0 radical (unpaired) electrons. The number of fused-ring (bicyclic) bond motifs is 1. The highest BCUT2D eigenvalue weighted by atomic mass is 35.5. The second-order valence-corrected chi connectivity index (χ2v) is 7.98. The lowest BCUT2D eigenvalue weighted by Gasteiger charge is -2.33. The van der Waals surface area contributed by atoms with Gasteiger partial charge >= 0.3 is 0 Å². The van der Waals surface area contributed by atoms with Gasteiger partial charge in [0.2, 0.25) is 0 Å². The summed E-state index contributed by atoms with van der Waals surface area (Å²) in [5.41, 5.74) is 3.09. The number of halogens is 2. The van der Waals surface area contributed by atoms with Crippen LogP contribution < -0.4 is 5.32 Å². The maximum absolute atomic E-state index is 12.9. The summed E-state index contributed by atoms with van der Waals surface area (Å²) in [4.78, 5) is 19.2. The Hall–Kier alpha value is -2.12. The van der Waals surface area contributed by atoms with Crippen LogP contribution in [0.1, 0.15) is 29.0 Å². The van der Waals surface area contributed by atoms with Gasteiger partial charge in [0.05, 0.1) is 40.6 Å². The predicted molar refractivity (Wildman–Crippen MR) is 116 cm³/mol. The highest BCUT2D eigenvalue weighted by molar-refractivity contribution is 6.39. The maximum atomic E-state index is 12.9. The van der Waals surface area contributed by atoms with E-state index in [1.54, 1.807) is 0 Å². The molecule has 152 valence electrons. The molecule has 3 aromatic rings. The van der Waals surface area contributed by atoms with E-state index in [1.165, 1.54) is 18.0 Å². The third kappa shape index (κ3) is 3.98. The first-order chi connectivity index (χ1) is 14.0. The lowest BCUT2D eigenvalue weighted by Crippen LogP contribution is -2.40. The van der Waals surface area contributed by atoms with Crippen LogP contribution >= 0.6 is 23.2 Å². The lowest BCUT2D eigenvalue weighted by molar-refractivity contribution is 0.00476. The Kier molecular flexibility index (Phi) is 5.79. The Labute approximate surface area is 179 Å². The van der Waals surface area contributed by atoms with Crippen LogP contribution in [-0.4, -0.2) is 46.7 Å². The van der Waals surface area contributed by atoms with Crippen molar-refractivity contribution < 1.29 is 9.53 Å². The first-order valence-corrected chi connectivity index (χ1v) is 10.2. The number of benzene rings is 1. The SMILES string of the molecule is Cc1cn(C(C)N2CCOCC2)c2cc(C(=O)Nc3c(Cl)cncc3Cl)ccc12. The first-order valence-electron chi connectivity index (χ1n) is 9.49. The van der Waals surface area contributed by atoms with Crippen molar-refractivity contribution in [3.8, 4) is 0 Å². The van der Waals surface area contributed by atoms with Gasteiger partial charge in [0.15, 0.2) is 0 Å². The molecule has 1 fully saturated rings. The number of anilines is 1. The molecule has 0 spiro atoms. The number of nitrogens with one attached hydrogen (secondary N) is 1. The van der Waals surface area contributed by atoms with Crippen molar-refractivity contribution >= 4 is 45.7 Å². The molecule has 0 saturated carbocycles. The molecule has 29 heavy (non-hydrogen) atoms. The van der Waals surface area contributed by atoms with Crippen LogP contribution in [0.4, 0.5) is 5.69 Å². The topological polar surface area (TPSA) is 59.4 Å². The van der Waals surface area contributed by atoms with Crippen molar-refractivity contribution in [1.29, 1.82) is 0 Å². The summed E-state index contributed by atoms with van der Waals surface area (Å²) in [6.45, 7) is 7.51. The fourth-order valence-electron chi connectivity index (χ4n) is 3.72. The number of morpholine rings is 1. The van der Waals surface area contributed by atoms with Crippen LogP contribution in [-0.2, 0) is 4.74 Å². The van der Waals surface area contributed by atoms with Gasteiger partial charge in [-0.1, -0.05) is 29.3 Å². The van der Waals surface area contributed by atoms with Crippen LogP contribution in [0.5, 0.6) is 0 Å². The fraction of sp³-hybridized carbons (Fsp3) is 0.333. The first kappa shape index (κ1) is 20.2. The third-order valence-electron chi connectivity index (χ3n) is 5.36. The minimum Gasteiger partial charge on any atom is -0.379 e. The molecular weight excluding hydrogens is 411 g/mol. The molecule has 1 aromatic carbocycles. The van der Waals surface area contributed by atoms with Crippen molar-refractivity contribution in [2.24, 2.45) is 0 Å². The monoisotopic (exact) mass is 432 g/mol. The molecule has 1 N–H and O–H groups in total. The molecule has 1 aliphatic rings. The van der Waals surface area contributed by atoms with Gasteiger partial charge in [-0.15, -0.1) is 0 Å². The van der Waals surface area contributed by atoms with Gasteiger partial charge < -0.3 is 14.6 Å². The predicted octanol–water partition coefficient (Wildman–Crippen LogP) is 4.75. The van der Waals surface area contributed by atoms with Gasteiger partial charge in [-0.25, -0.2) is 0 Å². The molecule has 0 aliphatic carbocycles. The van der Waals surface area contributed by atoms with Crippen molar-refractivity contribution in [2.75, 3.05) is 31.6 Å². The van der Waals surface area contributed by atoms with E-state index >= 15 is 0 Å². The number of hydrogen-bond acceptors (Lipinski definition) is 4. The average Bonchev–Trinajstić information content (AvgIpc) is 3.07. The fourth-order valence-corrected chi connectivity index (χ4v) is 4.18. The zero-order valence-corrected chi connectivity index (χ0v) is 17.8. The Bertz CT molecular complexity index is 1040. The number of carbonyl (C=O) groups excluding carboxylic acids is 1. The van der Waals surface area contributed by atoms with Gasteiger partial charge in [-0.3, -0.25) is 14.7 Å². The molecule has 1 saturated heterocycles. The van der Waals surface area contributed by atoms with E-state index in [-0.39, 0.29) is 12.1 Å². The van der Waals surface area contributed by atoms with E-state index < -0.39 is 0 Å². The summed E-state index contributed by atoms with van der Waals surface area (Å²) >= 11 is 12.3. The van der Waals surface area contributed by atoms with E-state index in [0.29, 0.717) is 21.3 Å². The molecule has 1 atom stereocenters. The third-order valence-corrected chi connectivity index (χ3v) is 5.94. The van der Waals surface area contributed by atoms with Crippen molar-refractivity contribution in [2.45, 2.75) is 20.0 Å². The molecule has 2 aromatic heterocycles. The minimum atomic E-state index is -0.272. The number of rotatable bonds is 4. The summed E-state index contributed by atoms with van der Waals surface area (Å²) < 4.78 is 7.70. The molecule has 8 heteroatoms. The molecule has 3 heterocycles. The van der Waals surface area contributed by atoms with Gasteiger partial charge in [-0.05, 0) is 31.5 Å². The van der Waals surface area contributed by atoms with Gasteiger partial charge in [0.25, 0.3) is 5.91 Å². The Morgan fingerprint density at radius 1 is 1.21 bits per heavy atom. The van der Waals surface area contributed by atoms with E-state index in [4.69, 9.17) is 27.9 Å². The summed E-state index contributed by atoms with van der Waals surface area (Å²) in [6, 6.07) is 5.72. The van der Waals surface area contributed by atoms with E-state index in [9.17, 15) is 4.79 Å². The van der Waals surface area contributed by atoms with Crippen LogP contribution in [0.3, 0.4) is 0 Å². The van der Waals surface area contributed by atoms with Crippen LogP contribution in [0.2, 0.25) is 10.0 Å². The molecule has 1 amide bonds. The van der Waals surface area contributed by atoms with Gasteiger partial charge in [0.1, 0.15) is 0 Å². The second-order valence-electron chi connectivity index (χ2n) is 7.16. The maximum Gasteiger partial charge on any atom is 0.255 e. The highest BCUT2D eigenvalue weighted by Gasteiger charge is 2.21. The van der Waals surface area contributed by atoms with Crippen molar-refractivity contribution in [3.05, 3.63) is 58.0 Å². The highest BCUT2D eigenvalue weighted by Crippen LogP contribution is 2.30. The van der Waals surface area contributed by atoms with Crippen LogP contribution in [0.25, 0.3) is 10.9 Å². The van der Waals surface area contributed by atoms with Crippen molar-refractivity contribution in [1.82, 2.24) is 14.5 Å². The number of aryl methyl sites for hydroxylation is 1. The number of nitrogens with zero attached hydrogens (tertiary/aromatic N) is 3. The van der Waals surface area contributed by atoms with Crippen molar-refractivity contribution in [3.63, 3.8) is 0 Å². The second kappa shape index (κ2) is 8.32. The smallest absolute Gasteiger partial charge is 0.255 e. The Morgan fingerprint density at radius 3 is 2.59 bits per heavy atom. The molecule has 4 rings (SSSR count). The molecule has 0 bridgehead atoms. The van der Waals surface area contributed by atoms with Gasteiger partial charge in [0, 0.05) is 42.6 Å². The standard InChI is InChI=1S/C21H22Cl2N4O2/c1-13-12-27(14(2)26-5-7-29-8-6-26)19-9-15(3-4-16(13)19)21(28)25-20-17(22)10-24-11-18(20)23/h3-4,9-12,14H,5-8H2,1-2H3,(H,24,25,28). The number of hydrogen-bond donors (Lipinski definition) is 1. The molecule has 1 aliphatic heterocycles. The number of amides is 1. The summed E-state index contributed by atoms with van der Waals surface area (Å²) in [7, 11) is 0. The van der Waals surface area contributed by atoms with E-state index in [2.05, 4.69) is 39.8 Å². The van der Waals surface area contributed by atoms with Crippen LogP contribution in [0, 0.1) is 6.92 Å². The van der Waals surface area contributed by atoms with Gasteiger partial charge in [-0.2, -0.15) is 0 Å². The number of aromatic nitrogens is 2. The number of pyridine rings is 1. The normalized spacial score (nSPS) is 16.1. The molecule has 1 unspecified atom stereocenters. The quantitative estimate of drug-likeness (QED) is 0.645.